The van der Waals surface area contributed by atoms with Crippen LogP contribution in [0.25, 0.3) is 0 Å². The molecule has 1 N–H and O–H groups in total. The van der Waals surface area contributed by atoms with Crippen molar-refractivity contribution in [1.82, 2.24) is 5.32 Å². The van der Waals surface area contributed by atoms with Gasteiger partial charge in [0.2, 0.25) is 0 Å². The van der Waals surface area contributed by atoms with Crippen molar-refractivity contribution < 1.29 is 23.9 Å². The summed E-state index contributed by atoms with van der Waals surface area (Å²) in [5, 5.41) is 2.78. The largest absolute Gasteiger partial charge is 0.423 e. The lowest BCUT2D eigenvalue weighted by Gasteiger charge is -2.13. The Morgan fingerprint density at radius 2 is 1.44 bits per heavy atom. The molecule has 0 atom stereocenters. The molecule has 0 amide bonds. The first kappa shape index (κ1) is 20.8. The lowest BCUT2D eigenvalue weighted by Crippen LogP contribution is -2.19. The van der Waals surface area contributed by atoms with E-state index in [1.54, 1.807) is 13.1 Å². The van der Waals surface area contributed by atoms with Crippen molar-refractivity contribution >= 4 is 17.7 Å². The quantitative estimate of drug-likeness (QED) is 0.419. The number of esters is 2. The lowest BCUT2D eigenvalue weighted by molar-refractivity contribution is -0.138. The summed E-state index contributed by atoms with van der Waals surface area (Å²) in [5.41, 5.74) is 0.380. The van der Waals surface area contributed by atoms with E-state index in [0.29, 0.717) is 5.56 Å². The van der Waals surface area contributed by atoms with Crippen LogP contribution in [0.1, 0.15) is 50.9 Å². The Morgan fingerprint density at radius 3 is 1.92 bits per heavy atom. The minimum atomic E-state index is -0.436. The first-order chi connectivity index (χ1) is 11.7. The second kappa shape index (κ2) is 9.93. The summed E-state index contributed by atoms with van der Waals surface area (Å²) >= 11 is 0. The predicted molar refractivity (Wildman–Crippen MR) is 94.9 cm³/mol. The van der Waals surface area contributed by atoms with Crippen LogP contribution in [0.5, 0.6) is 11.5 Å². The second-order valence-electron chi connectivity index (χ2n) is 6.76. The highest BCUT2D eigenvalue weighted by atomic mass is 16.6. The van der Waals surface area contributed by atoms with Gasteiger partial charge in [0.1, 0.15) is 0 Å². The summed E-state index contributed by atoms with van der Waals surface area (Å²) in [7, 11) is 1.67. The number of hydrogen-bond acceptors (Lipinski definition) is 6. The highest BCUT2D eigenvalue weighted by Gasteiger charge is 2.18. The van der Waals surface area contributed by atoms with Crippen molar-refractivity contribution in [1.29, 1.82) is 0 Å². The maximum absolute atomic E-state index is 12.0. The van der Waals surface area contributed by atoms with Crippen LogP contribution >= 0.6 is 0 Å². The molecule has 138 valence electrons. The fraction of sp³-hybridized carbons (Fsp3) is 0.526. The van der Waals surface area contributed by atoms with Crippen LogP contribution in [0.15, 0.2) is 18.2 Å². The maximum Gasteiger partial charge on any atom is 0.311 e. The second-order valence-corrected chi connectivity index (χ2v) is 6.76. The van der Waals surface area contributed by atoms with Gasteiger partial charge in [-0.1, -0.05) is 27.7 Å². The number of nitrogens with one attached hydrogen (secondary N) is 1. The summed E-state index contributed by atoms with van der Waals surface area (Å²) in [6.45, 7) is 7.77. The molecule has 1 rings (SSSR count). The molecule has 0 aliphatic heterocycles. The maximum atomic E-state index is 12.0. The molecular formula is C19H27NO5. The Kier molecular flexibility index (Phi) is 8.28. The van der Waals surface area contributed by atoms with Crippen LogP contribution in [0, 0.1) is 11.8 Å². The van der Waals surface area contributed by atoms with Crippen molar-refractivity contribution in [3.8, 4) is 11.5 Å². The van der Waals surface area contributed by atoms with E-state index in [-0.39, 0.29) is 48.5 Å². The zero-order valence-corrected chi connectivity index (χ0v) is 15.5. The van der Waals surface area contributed by atoms with Crippen molar-refractivity contribution in [3.63, 3.8) is 0 Å². The van der Waals surface area contributed by atoms with Gasteiger partial charge in [0, 0.05) is 18.4 Å². The molecule has 0 radical (unpaired) electrons. The smallest absolute Gasteiger partial charge is 0.311 e. The van der Waals surface area contributed by atoms with E-state index in [4.69, 9.17) is 9.47 Å². The van der Waals surface area contributed by atoms with Crippen molar-refractivity contribution in [3.05, 3.63) is 23.8 Å². The number of rotatable bonds is 9. The molecule has 0 bridgehead atoms. The Morgan fingerprint density at radius 1 is 0.920 bits per heavy atom. The van der Waals surface area contributed by atoms with E-state index in [0.717, 1.165) is 0 Å². The zero-order valence-electron chi connectivity index (χ0n) is 15.5. The molecule has 0 aliphatic carbocycles. The van der Waals surface area contributed by atoms with Gasteiger partial charge in [-0.25, -0.2) is 0 Å². The van der Waals surface area contributed by atoms with Gasteiger partial charge < -0.3 is 14.8 Å². The Balaban J connectivity index is 3.06. The van der Waals surface area contributed by atoms with Crippen LogP contribution in [-0.2, 0) is 9.59 Å². The van der Waals surface area contributed by atoms with Gasteiger partial charge in [-0.2, -0.15) is 0 Å². The van der Waals surface area contributed by atoms with Gasteiger partial charge in [-0.05, 0) is 37.1 Å². The lowest BCUT2D eigenvalue weighted by atomic mass is 10.1. The summed E-state index contributed by atoms with van der Waals surface area (Å²) in [5.74, 6) is -0.485. The van der Waals surface area contributed by atoms with Crippen LogP contribution < -0.4 is 14.8 Å². The number of carbonyl (C=O) groups is 3. The first-order valence-corrected chi connectivity index (χ1v) is 8.46. The molecule has 0 fully saturated rings. The molecule has 1 aromatic rings. The van der Waals surface area contributed by atoms with E-state index < -0.39 is 11.9 Å². The number of carbonyl (C=O) groups excluding carboxylic acids is 3. The van der Waals surface area contributed by atoms with Crippen LogP contribution in [0.3, 0.4) is 0 Å². The Bertz CT molecular complexity index is 622. The number of benzene rings is 1. The number of ketones is 1. The third kappa shape index (κ3) is 7.47. The van der Waals surface area contributed by atoms with Gasteiger partial charge in [-0.15, -0.1) is 0 Å². The van der Waals surface area contributed by atoms with E-state index in [9.17, 15) is 14.4 Å². The van der Waals surface area contributed by atoms with E-state index >= 15 is 0 Å². The fourth-order valence-electron chi connectivity index (χ4n) is 2.10. The molecule has 0 spiro atoms. The van der Waals surface area contributed by atoms with Crippen LogP contribution in [-0.4, -0.2) is 31.3 Å². The van der Waals surface area contributed by atoms with Crippen LogP contribution in [0.2, 0.25) is 0 Å². The molecule has 25 heavy (non-hydrogen) atoms. The highest BCUT2D eigenvalue weighted by molar-refractivity contribution is 5.98. The Hall–Kier alpha value is -2.21. The highest BCUT2D eigenvalue weighted by Crippen LogP contribution is 2.30. The molecule has 1 aromatic carbocycles. The number of Topliss-reactive ketones (excluding diaryl/α,β-unsaturated/α-hetero) is 1. The van der Waals surface area contributed by atoms with Gasteiger partial charge in [0.05, 0.1) is 6.54 Å². The monoisotopic (exact) mass is 349 g/mol. The number of likely N-dealkylation sites (N-methyl/N-ethyl adjacent to an activating group) is 1. The topological polar surface area (TPSA) is 81.7 Å². The molecule has 0 aromatic heterocycles. The predicted octanol–water partition coefficient (Wildman–Crippen LogP) is 2.99. The SMILES string of the molecule is CNCC(=O)c1ccc(OC(=O)CC(C)C)c(OC(=O)CC(C)C)c1. The fourth-order valence-corrected chi connectivity index (χ4v) is 2.10. The standard InChI is InChI=1S/C19H27NO5/c1-12(2)8-18(22)24-16-7-6-14(15(21)11-20-5)10-17(16)25-19(23)9-13(3)4/h6-7,10,12-13,20H,8-9,11H2,1-5H3. The van der Waals surface area contributed by atoms with Crippen LogP contribution in [0.4, 0.5) is 0 Å². The summed E-state index contributed by atoms with van der Waals surface area (Å²) in [6, 6.07) is 4.48. The van der Waals surface area contributed by atoms with E-state index in [2.05, 4.69) is 5.32 Å². The average Bonchev–Trinajstić information content (AvgIpc) is 2.47. The Labute approximate surface area is 148 Å². The molecule has 0 heterocycles. The molecule has 0 unspecified atom stereocenters. The summed E-state index contributed by atoms with van der Waals surface area (Å²) in [6.07, 6.45) is 0.480. The van der Waals surface area contributed by atoms with E-state index in [1.165, 1.54) is 12.1 Å². The van der Waals surface area contributed by atoms with Crippen molar-refractivity contribution in [2.24, 2.45) is 11.8 Å². The molecular weight excluding hydrogens is 322 g/mol. The van der Waals surface area contributed by atoms with Gasteiger partial charge >= 0.3 is 11.9 Å². The molecule has 0 aliphatic rings. The molecule has 6 heteroatoms. The molecule has 0 saturated heterocycles. The third-order valence-electron chi connectivity index (χ3n) is 3.20. The average molecular weight is 349 g/mol. The summed E-state index contributed by atoms with van der Waals surface area (Å²) < 4.78 is 10.7. The molecule has 0 saturated carbocycles. The minimum Gasteiger partial charge on any atom is -0.423 e. The van der Waals surface area contributed by atoms with Gasteiger partial charge in [-0.3, -0.25) is 14.4 Å². The number of hydrogen-bond donors (Lipinski definition) is 1. The zero-order chi connectivity index (χ0) is 19.0. The van der Waals surface area contributed by atoms with Crippen molar-refractivity contribution in [2.75, 3.05) is 13.6 Å². The number of ether oxygens (including phenoxy) is 2. The normalized spacial score (nSPS) is 10.8. The molecule has 6 nitrogen and oxygen atoms in total. The van der Waals surface area contributed by atoms with Gasteiger partial charge in [0.15, 0.2) is 17.3 Å². The third-order valence-corrected chi connectivity index (χ3v) is 3.20. The minimum absolute atomic E-state index is 0.0877. The summed E-state index contributed by atoms with van der Waals surface area (Å²) in [4.78, 5) is 35.9. The first-order valence-electron chi connectivity index (χ1n) is 8.46. The van der Waals surface area contributed by atoms with E-state index in [1.807, 2.05) is 27.7 Å². The van der Waals surface area contributed by atoms with Crippen molar-refractivity contribution in [2.45, 2.75) is 40.5 Å². The van der Waals surface area contributed by atoms with Gasteiger partial charge in [0.25, 0.3) is 0 Å².